The Morgan fingerprint density at radius 2 is 2.16 bits per heavy atom. The maximum Gasteiger partial charge on any atom is 0.229 e. The molecule has 0 N–H and O–H groups in total. The summed E-state index contributed by atoms with van der Waals surface area (Å²) in [5, 5.41) is 0. The average Bonchev–Trinajstić information content (AvgIpc) is 2.98. The minimum atomic E-state index is 0.258. The number of pyridine rings is 1. The van der Waals surface area contributed by atoms with E-state index in [0.717, 1.165) is 25.1 Å². The maximum atomic E-state index is 5.16. The Hall–Kier alpha value is -2.17. The highest BCUT2D eigenvalue weighted by molar-refractivity contribution is 5.37. The highest BCUT2D eigenvalue weighted by atomic mass is 16.5. The zero-order valence-electron chi connectivity index (χ0n) is 10.9. The Labute approximate surface area is 112 Å². The van der Waals surface area contributed by atoms with Crippen molar-refractivity contribution in [2.75, 3.05) is 18.6 Å². The molecule has 2 aromatic rings. The van der Waals surface area contributed by atoms with Crippen LogP contribution in [0.1, 0.15) is 24.6 Å². The summed E-state index contributed by atoms with van der Waals surface area (Å²) in [6.45, 7) is 0.953. The molecule has 0 spiro atoms. The molecule has 5 nitrogen and oxygen atoms in total. The maximum absolute atomic E-state index is 5.16. The van der Waals surface area contributed by atoms with Gasteiger partial charge in [-0.3, -0.25) is 4.98 Å². The summed E-state index contributed by atoms with van der Waals surface area (Å²) in [4.78, 5) is 15.4. The van der Waals surface area contributed by atoms with Gasteiger partial charge in [0.1, 0.15) is 0 Å². The van der Waals surface area contributed by atoms with E-state index in [9.17, 15) is 0 Å². The summed E-state index contributed by atoms with van der Waals surface area (Å²) < 4.78 is 5.16. The number of anilines is 1. The minimum Gasteiger partial charge on any atom is -0.481 e. The Kier molecular flexibility index (Phi) is 3.27. The van der Waals surface area contributed by atoms with Crippen LogP contribution >= 0.6 is 0 Å². The molecular weight excluding hydrogens is 240 g/mol. The van der Waals surface area contributed by atoms with E-state index in [1.54, 1.807) is 19.4 Å². The van der Waals surface area contributed by atoms with Crippen molar-refractivity contribution < 1.29 is 4.74 Å². The third-order valence-electron chi connectivity index (χ3n) is 3.37. The van der Waals surface area contributed by atoms with Crippen LogP contribution in [0.4, 0.5) is 5.95 Å². The van der Waals surface area contributed by atoms with Crippen LogP contribution in [0.3, 0.4) is 0 Å². The van der Waals surface area contributed by atoms with Crippen molar-refractivity contribution in [2.24, 2.45) is 0 Å². The number of nitrogens with zero attached hydrogens (tertiary/aromatic N) is 4. The third-order valence-corrected chi connectivity index (χ3v) is 3.37. The van der Waals surface area contributed by atoms with Crippen molar-refractivity contribution in [3.8, 4) is 5.88 Å². The number of aromatic nitrogens is 3. The van der Waals surface area contributed by atoms with Gasteiger partial charge in [0.05, 0.1) is 18.8 Å². The third kappa shape index (κ3) is 2.36. The Bertz CT molecular complexity index is 546. The molecule has 3 heterocycles. The predicted molar refractivity (Wildman–Crippen MR) is 72.1 cm³/mol. The molecule has 1 fully saturated rings. The lowest BCUT2D eigenvalue weighted by Gasteiger charge is -2.24. The first-order valence-corrected chi connectivity index (χ1v) is 6.43. The van der Waals surface area contributed by atoms with Gasteiger partial charge in [0.15, 0.2) is 0 Å². The number of rotatable bonds is 3. The quantitative estimate of drug-likeness (QED) is 0.842. The number of hydrogen-bond acceptors (Lipinski definition) is 5. The van der Waals surface area contributed by atoms with E-state index >= 15 is 0 Å². The van der Waals surface area contributed by atoms with Crippen LogP contribution in [0.25, 0.3) is 0 Å². The molecule has 1 atom stereocenters. The molecule has 0 unspecified atom stereocenters. The topological polar surface area (TPSA) is 51.1 Å². The Balaban J connectivity index is 1.90. The largest absolute Gasteiger partial charge is 0.481 e. The van der Waals surface area contributed by atoms with Crippen molar-refractivity contribution in [1.29, 1.82) is 0 Å². The molecule has 1 saturated heterocycles. The minimum absolute atomic E-state index is 0.258. The molecule has 0 radical (unpaired) electrons. The van der Waals surface area contributed by atoms with Gasteiger partial charge < -0.3 is 9.64 Å². The second-order valence-electron chi connectivity index (χ2n) is 4.51. The number of methoxy groups -OCH3 is 1. The van der Waals surface area contributed by atoms with E-state index < -0.39 is 0 Å². The number of ether oxygens (including phenoxy) is 1. The molecule has 0 aromatic carbocycles. The monoisotopic (exact) mass is 256 g/mol. The molecular formula is C14H16N4O. The standard InChI is InChI=1S/C14H16N4O/c1-19-13-7-9-16-14(17-13)18-10-4-6-12(18)11-5-2-3-8-15-11/h2-3,5,7-9,12H,4,6,10H2,1H3/t12-/m1/s1. The SMILES string of the molecule is COc1ccnc(N2CCC[C@@H]2c2ccccn2)n1. The smallest absolute Gasteiger partial charge is 0.229 e. The molecule has 98 valence electrons. The van der Waals surface area contributed by atoms with E-state index in [4.69, 9.17) is 4.74 Å². The van der Waals surface area contributed by atoms with Gasteiger partial charge in [0.2, 0.25) is 11.8 Å². The van der Waals surface area contributed by atoms with Crippen LogP contribution in [0, 0.1) is 0 Å². The first-order valence-electron chi connectivity index (χ1n) is 6.43. The van der Waals surface area contributed by atoms with Gasteiger partial charge in [-0.2, -0.15) is 4.98 Å². The first-order chi connectivity index (χ1) is 9.38. The van der Waals surface area contributed by atoms with Gasteiger partial charge in [-0.05, 0) is 25.0 Å². The lowest BCUT2D eigenvalue weighted by molar-refractivity contribution is 0.396. The lowest BCUT2D eigenvalue weighted by atomic mass is 10.1. The normalized spacial score (nSPS) is 18.6. The van der Waals surface area contributed by atoms with Crippen molar-refractivity contribution in [2.45, 2.75) is 18.9 Å². The van der Waals surface area contributed by atoms with Gasteiger partial charge in [-0.25, -0.2) is 4.98 Å². The first kappa shape index (κ1) is 11.9. The van der Waals surface area contributed by atoms with E-state index in [1.165, 1.54) is 0 Å². The molecule has 1 aliphatic heterocycles. The Morgan fingerprint density at radius 1 is 1.21 bits per heavy atom. The molecule has 5 heteroatoms. The van der Waals surface area contributed by atoms with Gasteiger partial charge >= 0.3 is 0 Å². The van der Waals surface area contributed by atoms with Crippen molar-refractivity contribution in [1.82, 2.24) is 15.0 Å². The summed E-state index contributed by atoms with van der Waals surface area (Å²) in [6.07, 6.45) is 5.77. The molecule has 0 bridgehead atoms. The zero-order valence-corrected chi connectivity index (χ0v) is 10.9. The van der Waals surface area contributed by atoms with Crippen molar-refractivity contribution in [3.05, 3.63) is 42.4 Å². The zero-order chi connectivity index (χ0) is 13.1. The summed E-state index contributed by atoms with van der Waals surface area (Å²) in [6, 6.07) is 8.03. The molecule has 1 aliphatic rings. The summed E-state index contributed by atoms with van der Waals surface area (Å²) in [5.74, 6) is 1.31. The number of hydrogen-bond donors (Lipinski definition) is 0. The molecule has 2 aromatic heterocycles. The van der Waals surface area contributed by atoms with Crippen LogP contribution in [0.5, 0.6) is 5.88 Å². The lowest BCUT2D eigenvalue weighted by Crippen LogP contribution is -2.25. The predicted octanol–water partition coefficient (Wildman–Crippen LogP) is 2.22. The van der Waals surface area contributed by atoms with Crippen LogP contribution in [-0.4, -0.2) is 28.6 Å². The molecule has 3 rings (SSSR count). The average molecular weight is 256 g/mol. The van der Waals surface area contributed by atoms with Crippen LogP contribution in [0.2, 0.25) is 0 Å². The van der Waals surface area contributed by atoms with Crippen LogP contribution in [-0.2, 0) is 0 Å². The highest BCUT2D eigenvalue weighted by Crippen LogP contribution is 2.33. The van der Waals surface area contributed by atoms with E-state index in [0.29, 0.717) is 11.8 Å². The molecule has 0 amide bonds. The Morgan fingerprint density at radius 3 is 2.95 bits per heavy atom. The fourth-order valence-electron chi connectivity index (χ4n) is 2.47. The highest BCUT2D eigenvalue weighted by Gasteiger charge is 2.28. The van der Waals surface area contributed by atoms with Gasteiger partial charge in [-0.15, -0.1) is 0 Å². The molecule has 19 heavy (non-hydrogen) atoms. The second-order valence-corrected chi connectivity index (χ2v) is 4.51. The molecule has 0 aliphatic carbocycles. The van der Waals surface area contributed by atoms with E-state index in [2.05, 4.69) is 25.9 Å². The van der Waals surface area contributed by atoms with Crippen molar-refractivity contribution in [3.63, 3.8) is 0 Å². The fraction of sp³-hybridized carbons (Fsp3) is 0.357. The summed E-state index contributed by atoms with van der Waals surface area (Å²) >= 11 is 0. The van der Waals surface area contributed by atoms with Gasteiger partial charge in [-0.1, -0.05) is 6.07 Å². The van der Waals surface area contributed by atoms with Crippen LogP contribution in [0.15, 0.2) is 36.7 Å². The van der Waals surface area contributed by atoms with Gasteiger partial charge in [0, 0.05) is 25.0 Å². The van der Waals surface area contributed by atoms with Gasteiger partial charge in [0.25, 0.3) is 0 Å². The van der Waals surface area contributed by atoms with Crippen molar-refractivity contribution >= 4 is 5.95 Å². The fourth-order valence-corrected chi connectivity index (χ4v) is 2.47. The summed E-state index contributed by atoms with van der Waals surface area (Å²) in [5.41, 5.74) is 1.08. The van der Waals surface area contributed by atoms with Crippen LogP contribution < -0.4 is 9.64 Å². The van der Waals surface area contributed by atoms with E-state index in [-0.39, 0.29) is 6.04 Å². The van der Waals surface area contributed by atoms with E-state index in [1.807, 2.05) is 18.3 Å². The molecule has 0 saturated carbocycles. The second kappa shape index (κ2) is 5.22. The summed E-state index contributed by atoms with van der Waals surface area (Å²) in [7, 11) is 1.62.